The summed E-state index contributed by atoms with van der Waals surface area (Å²) in [7, 11) is 3.87. The van der Waals surface area contributed by atoms with Crippen LogP contribution in [0.1, 0.15) is 10.4 Å². The van der Waals surface area contributed by atoms with Crippen molar-refractivity contribution < 1.29 is 0 Å². The third-order valence-corrected chi connectivity index (χ3v) is 3.71. The molecule has 1 heterocycles. The third kappa shape index (κ3) is 5.13. The molecule has 0 amide bonds. The summed E-state index contributed by atoms with van der Waals surface area (Å²) in [5, 5.41) is 5.47. The Morgan fingerprint density at radius 1 is 1.20 bits per heavy atom. The number of nitrogens with one attached hydrogen (secondary N) is 1. The first-order valence-electron chi connectivity index (χ1n) is 6.27. The van der Waals surface area contributed by atoms with Crippen LogP contribution < -0.4 is 5.32 Å². The Bertz CT molecular complexity index is 511. The van der Waals surface area contributed by atoms with E-state index in [-0.39, 0.29) is 24.0 Å². The number of hydrogen-bond donors (Lipinski definition) is 1. The Morgan fingerprint density at radius 3 is 2.55 bits per heavy atom. The molecule has 1 aromatic heterocycles. The van der Waals surface area contributed by atoms with Gasteiger partial charge in [-0.05, 0) is 17.0 Å². The van der Waals surface area contributed by atoms with Crippen molar-refractivity contribution in [3.8, 4) is 0 Å². The van der Waals surface area contributed by atoms with Gasteiger partial charge >= 0.3 is 0 Å². The highest BCUT2D eigenvalue weighted by Gasteiger charge is 2.06. The van der Waals surface area contributed by atoms with Gasteiger partial charge in [0.05, 0.1) is 6.54 Å². The van der Waals surface area contributed by atoms with Gasteiger partial charge in [0.15, 0.2) is 5.96 Å². The van der Waals surface area contributed by atoms with Gasteiger partial charge in [-0.2, -0.15) is 0 Å². The summed E-state index contributed by atoms with van der Waals surface area (Å²) < 4.78 is 0. The summed E-state index contributed by atoms with van der Waals surface area (Å²) in [6.45, 7) is 1.68. The van der Waals surface area contributed by atoms with E-state index in [9.17, 15) is 0 Å². The van der Waals surface area contributed by atoms with Gasteiger partial charge in [0.1, 0.15) is 0 Å². The van der Waals surface area contributed by atoms with E-state index in [2.05, 4.69) is 64.0 Å². The molecular formula is C15H20IN3S. The highest BCUT2D eigenvalue weighted by molar-refractivity contribution is 14.0. The molecule has 2 aromatic rings. The SMILES string of the molecule is CN=C(NCc1cccs1)N(C)Cc1ccccc1.I. The lowest BCUT2D eigenvalue weighted by Gasteiger charge is -2.22. The van der Waals surface area contributed by atoms with E-state index in [0.717, 1.165) is 19.0 Å². The molecule has 1 aromatic carbocycles. The van der Waals surface area contributed by atoms with Crippen LogP contribution in [0.15, 0.2) is 52.8 Å². The number of rotatable bonds is 4. The van der Waals surface area contributed by atoms with Crippen LogP contribution in [0, 0.1) is 0 Å². The van der Waals surface area contributed by atoms with E-state index in [1.807, 2.05) is 13.1 Å². The summed E-state index contributed by atoms with van der Waals surface area (Å²) in [5.74, 6) is 0.914. The fourth-order valence-electron chi connectivity index (χ4n) is 1.90. The smallest absolute Gasteiger partial charge is 0.193 e. The minimum Gasteiger partial charge on any atom is -0.351 e. The quantitative estimate of drug-likeness (QED) is 0.482. The summed E-state index contributed by atoms with van der Waals surface area (Å²) >= 11 is 1.76. The molecule has 0 bridgehead atoms. The first-order valence-corrected chi connectivity index (χ1v) is 7.15. The van der Waals surface area contributed by atoms with Crippen LogP contribution in [0.3, 0.4) is 0 Å². The highest BCUT2D eigenvalue weighted by atomic mass is 127. The minimum absolute atomic E-state index is 0. The van der Waals surface area contributed by atoms with E-state index >= 15 is 0 Å². The molecule has 0 radical (unpaired) electrons. The second kappa shape index (κ2) is 8.97. The normalized spacial score (nSPS) is 10.8. The first-order chi connectivity index (χ1) is 9.29. The van der Waals surface area contributed by atoms with Crippen molar-refractivity contribution in [1.82, 2.24) is 10.2 Å². The van der Waals surface area contributed by atoms with Crippen LogP contribution in [0.25, 0.3) is 0 Å². The second-order valence-electron chi connectivity index (χ2n) is 4.32. The van der Waals surface area contributed by atoms with Gasteiger partial charge in [-0.25, -0.2) is 0 Å². The fraction of sp³-hybridized carbons (Fsp3) is 0.267. The molecule has 1 N–H and O–H groups in total. The zero-order chi connectivity index (χ0) is 13.5. The van der Waals surface area contributed by atoms with Gasteiger partial charge < -0.3 is 10.2 Å². The van der Waals surface area contributed by atoms with Gasteiger partial charge in [0.25, 0.3) is 0 Å². The molecule has 0 spiro atoms. The zero-order valence-electron chi connectivity index (χ0n) is 11.7. The standard InChI is InChI=1S/C15H19N3S.HI/c1-16-15(17-11-14-9-6-10-19-14)18(2)12-13-7-4-3-5-8-13;/h3-10H,11-12H2,1-2H3,(H,16,17);1H. The van der Waals surface area contributed by atoms with Crippen LogP contribution in [0.4, 0.5) is 0 Å². The van der Waals surface area contributed by atoms with Crippen LogP contribution in [0.5, 0.6) is 0 Å². The molecule has 0 aliphatic rings. The maximum Gasteiger partial charge on any atom is 0.193 e. The molecule has 20 heavy (non-hydrogen) atoms. The first kappa shape index (κ1) is 17.0. The van der Waals surface area contributed by atoms with E-state index < -0.39 is 0 Å². The number of hydrogen-bond acceptors (Lipinski definition) is 2. The van der Waals surface area contributed by atoms with Gasteiger partial charge in [-0.3, -0.25) is 4.99 Å². The summed E-state index contributed by atoms with van der Waals surface area (Å²) in [6, 6.07) is 14.6. The van der Waals surface area contributed by atoms with Crippen molar-refractivity contribution in [3.05, 3.63) is 58.3 Å². The van der Waals surface area contributed by atoms with E-state index in [0.29, 0.717) is 0 Å². The van der Waals surface area contributed by atoms with Crippen LogP contribution in [-0.4, -0.2) is 25.0 Å². The molecular weight excluding hydrogens is 381 g/mol. The topological polar surface area (TPSA) is 27.6 Å². The monoisotopic (exact) mass is 401 g/mol. The molecule has 2 rings (SSSR count). The van der Waals surface area contributed by atoms with Gasteiger partial charge in [-0.15, -0.1) is 35.3 Å². The number of benzene rings is 1. The largest absolute Gasteiger partial charge is 0.351 e. The lowest BCUT2D eigenvalue weighted by molar-refractivity contribution is 0.477. The molecule has 0 saturated heterocycles. The molecule has 0 aliphatic carbocycles. The minimum atomic E-state index is 0. The van der Waals surface area contributed by atoms with Gasteiger partial charge in [0, 0.05) is 25.5 Å². The maximum absolute atomic E-state index is 4.32. The van der Waals surface area contributed by atoms with Crippen LogP contribution >= 0.6 is 35.3 Å². The fourth-order valence-corrected chi connectivity index (χ4v) is 2.54. The molecule has 5 heteroatoms. The summed E-state index contributed by atoms with van der Waals surface area (Å²) in [5.41, 5.74) is 1.28. The Balaban J connectivity index is 0.00000200. The lowest BCUT2D eigenvalue weighted by atomic mass is 10.2. The number of guanidine groups is 1. The van der Waals surface area contributed by atoms with Gasteiger partial charge in [-0.1, -0.05) is 36.4 Å². The summed E-state index contributed by atoms with van der Waals surface area (Å²) in [4.78, 5) is 7.76. The zero-order valence-corrected chi connectivity index (χ0v) is 14.9. The summed E-state index contributed by atoms with van der Waals surface area (Å²) in [6.07, 6.45) is 0. The second-order valence-corrected chi connectivity index (χ2v) is 5.35. The van der Waals surface area contributed by atoms with Crippen molar-refractivity contribution in [2.24, 2.45) is 4.99 Å². The highest BCUT2D eigenvalue weighted by Crippen LogP contribution is 2.08. The Morgan fingerprint density at radius 2 is 1.95 bits per heavy atom. The molecule has 0 unspecified atom stereocenters. The van der Waals surface area contributed by atoms with Gasteiger partial charge in [0.2, 0.25) is 0 Å². The average molecular weight is 401 g/mol. The Kier molecular flexibility index (Phi) is 7.61. The number of nitrogens with zero attached hydrogens (tertiary/aromatic N) is 2. The van der Waals surface area contributed by atoms with Crippen molar-refractivity contribution in [2.75, 3.05) is 14.1 Å². The predicted octanol–water partition coefficient (Wildman–Crippen LogP) is 3.57. The average Bonchev–Trinajstić information content (AvgIpc) is 2.94. The molecule has 0 atom stereocenters. The number of halogens is 1. The molecule has 108 valence electrons. The molecule has 0 fully saturated rings. The maximum atomic E-state index is 4.32. The lowest BCUT2D eigenvalue weighted by Crippen LogP contribution is -2.37. The van der Waals surface area contributed by atoms with Crippen molar-refractivity contribution in [1.29, 1.82) is 0 Å². The Hall–Kier alpha value is -1.08. The molecule has 0 saturated carbocycles. The third-order valence-electron chi connectivity index (χ3n) is 2.84. The van der Waals surface area contributed by atoms with E-state index in [1.54, 1.807) is 11.3 Å². The molecule has 3 nitrogen and oxygen atoms in total. The van der Waals surface area contributed by atoms with Crippen molar-refractivity contribution in [3.63, 3.8) is 0 Å². The van der Waals surface area contributed by atoms with E-state index in [1.165, 1.54) is 10.4 Å². The predicted molar refractivity (Wildman–Crippen MR) is 97.8 cm³/mol. The molecule has 0 aliphatic heterocycles. The van der Waals surface area contributed by atoms with Crippen molar-refractivity contribution in [2.45, 2.75) is 13.1 Å². The van der Waals surface area contributed by atoms with Crippen LogP contribution in [-0.2, 0) is 13.1 Å². The number of aliphatic imine (C=N–C) groups is 1. The van der Waals surface area contributed by atoms with E-state index in [4.69, 9.17) is 0 Å². The number of thiophene rings is 1. The Labute approximate surface area is 141 Å². The van der Waals surface area contributed by atoms with Crippen molar-refractivity contribution >= 4 is 41.3 Å². The van der Waals surface area contributed by atoms with Crippen LogP contribution in [0.2, 0.25) is 0 Å².